The van der Waals surface area contributed by atoms with Gasteiger partial charge in [-0.15, -0.1) is 24.0 Å². The number of fused-ring (bicyclic) bond motifs is 1. The monoisotopic (exact) mass is 417 g/mol. The summed E-state index contributed by atoms with van der Waals surface area (Å²) in [5.41, 5.74) is 7.17. The lowest BCUT2D eigenvalue weighted by Crippen LogP contribution is -2.37. The fraction of sp³-hybridized carbons (Fsp3) is 0.588. The molecule has 1 heterocycles. The van der Waals surface area contributed by atoms with Crippen molar-refractivity contribution in [3.8, 4) is 5.75 Å². The average molecular weight is 417 g/mol. The van der Waals surface area contributed by atoms with Gasteiger partial charge in [0.2, 0.25) is 0 Å². The molecule has 0 saturated carbocycles. The van der Waals surface area contributed by atoms with Crippen LogP contribution in [0.15, 0.2) is 29.3 Å². The number of benzene rings is 1. The van der Waals surface area contributed by atoms with Crippen LogP contribution in [0.3, 0.4) is 0 Å². The predicted octanol–water partition coefficient (Wildman–Crippen LogP) is 3.86. The highest BCUT2D eigenvalue weighted by Gasteiger charge is 2.20. The van der Waals surface area contributed by atoms with Gasteiger partial charge in [0.15, 0.2) is 5.96 Å². The Hall–Kier alpha value is -0.980. The largest absolute Gasteiger partial charge is 0.493 e. The van der Waals surface area contributed by atoms with E-state index < -0.39 is 0 Å². The number of halogens is 1. The quantitative estimate of drug-likeness (QED) is 0.320. The normalized spacial score (nSPS) is 17.4. The predicted molar refractivity (Wildman–Crippen MR) is 103 cm³/mol. The van der Waals surface area contributed by atoms with Crippen molar-refractivity contribution in [1.29, 1.82) is 0 Å². The van der Waals surface area contributed by atoms with Gasteiger partial charge in [0, 0.05) is 18.5 Å². The molecule has 0 aromatic heterocycles. The molecule has 0 saturated heterocycles. The SMILES string of the molecule is CC(C)CCCCN=C(N)NC1CCOc2ccccc21.I. The molecule has 2 rings (SSSR count). The summed E-state index contributed by atoms with van der Waals surface area (Å²) in [6.07, 6.45) is 4.50. The van der Waals surface area contributed by atoms with Crippen molar-refractivity contribution in [3.05, 3.63) is 29.8 Å². The number of guanidine groups is 1. The number of nitrogens with one attached hydrogen (secondary N) is 1. The summed E-state index contributed by atoms with van der Waals surface area (Å²) in [6.45, 7) is 6.02. The molecule has 4 nitrogen and oxygen atoms in total. The van der Waals surface area contributed by atoms with E-state index in [1.807, 2.05) is 18.2 Å². The van der Waals surface area contributed by atoms with Crippen LogP contribution in [-0.2, 0) is 0 Å². The van der Waals surface area contributed by atoms with Crippen LogP contribution in [0.1, 0.15) is 51.1 Å². The Morgan fingerprint density at radius 1 is 1.36 bits per heavy atom. The lowest BCUT2D eigenvalue weighted by molar-refractivity contribution is 0.262. The second-order valence-electron chi connectivity index (χ2n) is 6.03. The Morgan fingerprint density at radius 2 is 2.14 bits per heavy atom. The van der Waals surface area contributed by atoms with E-state index in [1.54, 1.807) is 0 Å². The minimum atomic E-state index is 0. The first-order chi connectivity index (χ1) is 10.2. The number of ether oxygens (including phenoxy) is 1. The third kappa shape index (κ3) is 6.02. The van der Waals surface area contributed by atoms with Gasteiger partial charge in [-0.2, -0.15) is 0 Å². The summed E-state index contributed by atoms with van der Waals surface area (Å²) in [6, 6.07) is 8.31. The van der Waals surface area contributed by atoms with Crippen molar-refractivity contribution in [2.24, 2.45) is 16.6 Å². The lowest BCUT2D eigenvalue weighted by atomic mass is 10.0. The van der Waals surface area contributed by atoms with Crippen LogP contribution in [0.5, 0.6) is 5.75 Å². The lowest BCUT2D eigenvalue weighted by Gasteiger charge is -2.26. The number of rotatable bonds is 6. The van der Waals surface area contributed by atoms with E-state index in [-0.39, 0.29) is 30.0 Å². The second-order valence-corrected chi connectivity index (χ2v) is 6.03. The average Bonchev–Trinajstić information content (AvgIpc) is 2.47. The van der Waals surface area contributed by atoms with Crippen LogP contribution in [0, 0.1) is 5.92 Å². The smallest absolute Gasteiger partial charge is 0.189 e. The topological polar surface area (TPSA) is 59.6 Å². The summed E-state index contributed by atoms with van der Waals surface area (Å²) >= 11 is 0. The van der Waals surface area contributed by atoms with Crippen molar-refractivity contribution in [2.45, 2.75) is 45.6 Å². The van der Waals surface area contributed by atoms with Gasteiger partial charge in [-0.1, -0.05) is 44.9 Å². The highest BCUT2D eigenvalue weighted by atomic mass is 127. The molecule has 0 radical (unpaired) electrons. The maximum atomic E-state index is 6.00. The molecular weight excluding hydrogens is 389 g/mol. The molecule has 1 unspecified atom stereocenters. The molecule has 0 bridgehead atoms. The number of hydrogen-bond acceptors (Lipinski definition) is 2. The Kier molecular flexibility index (Phi) is 8.60. The maximum absolute atomic E-state index is 6.00. The van der Waals surface area contributed by atoms with Gasteiger partial charge in [-0.25, -0.2) is 0 Å². The number of hydrogen-bond donors (Lipinski definition) is 2. The van der Waals surface area contributed by atoms with Gasteiger partial charge >= 0.3 is 0 Å². The summed E-state index contributed by atoms with van der Waals surface area (Å²) in [5.74, 6) is 2.26. The Bertz CT molecular complexity index is 477. The Labute approximate surface area is 150 Å². The zero-order valence-electron chi connectivity index (χ0n) is 13.5. The Morgan fingerprint density at radius 3 is 2.91 bits per heavy atom. The van der Waals surface area contributed by atoms with E-state index in [2.05, 4.69) is 30.2 Å². The first kappa shape index (κ1) is 19.1. The number of aliphatic imine (C=N–C) groups is 1. The van der Waals surface area contributed by atoms with Gasteiger partial charge in [0.05, 0.1) is 12.6 Å². The molecule has 1 aromatic rings. The van der Waals surface area contributed by atoms with Crippen LogP contribution in [-0.4, -0.2) is 19.1 Å². The molecule has 124 valence electrons. The van der Waals surface area contributed by atoms with E-state index in [1.165, 1.54) is 18.4 Å². The van der Waals surface area contributed by atoms with Crippen LogP contribution < -0.4 is 15.8 Å². The van der Waals surface area contributed by atoms with Crippen molar-refractivity contribution in [1.82, 2.24) is 5.32 Å². The standard InChI is InChI=1S/C17H27N3O.HI/c1-13(2)7-5-6-11-19-17(18)20-15-10-12-21-16-9-4-3-8-14(15)16;/h3-4,8-9,13,15H,5-7,10-12H2,1-2H3,(H3,18,19,20);1H. The molecule has 0 aliphatic carbocycles. The summed E-state index contributed by atoms with van der Waals surface area (Å²) in [5, 5.41) is 3.32. The van der Waals surface area contributed by atoms with Gasteiger partial charge in [0.25, 0.3) is 0 Å². The van der Waals surface area contributed by atoms with Crippen LogP contribution in [0.2, 0.25) is 0 Å². The molecule has 22 heavy (non-hydrogen) atoms. The van der Waals surface area contributed by atoms with Crippen LogP contribution in [0.4, 0.5) is 0 Å². The van der Waals surface area contributed by atoms with Gasteiger partial charge in [-0.3, -0.25) is 4.99 Å². The molecule has 1 aliphatic rings. The zero-order chi connectivity index (χ0) is 15.1. The molecule has 0 spiro atoms. The molecule has 1 atom stereocenters. The number of nitrogens with two attached hydrogens (primary N) is 1. The van der Waals surface area contributed by atoms with Gasteiger partial charge in [0.1, 0.15) is 5.75 Å². The van der Waals surface area contributed by atoms with Gasteiger partial charge in [-0.05, 0) is 18.4 Å². The van der Waals surface area contributed by atoms with Crippen LogP contribution >= 0.6 is 24.0 Å². The van der Waals surface area contributed by atoms with E-state index in [9.17, 15) is 0 Å². The molecular formula is C17H28IN3O. The highest BCUT2D eigenvalue weighted by Crippen LogP contribution is 2.31. The minimum Gasteiger partial charge on any atom is -0.493 e. The molecule has 5 heteroatoms. The molecule has 1 aromatic carbocycles. The maximum Gasteiger partial charge on any atom is 0.189 e. The third-order valence-electron chi connectivity index (χ3n) is 3.75. The number of nitrogens with zero attached hydrogens (tertiary/aromatic N) is 1. The van der Waals surface area contributed by atoms with E-state index in [0.29, 0.717) is 5.96 Å². The van der Waals surface area contributed by atoms with Crippen molar-refractivity contribution in [2.75, 3.05) is 13.2 Å². The number of para-hydroxylation sites is 1. The molecule has 0 fully saturated rings. The van der Waals surface area contributed by atoms with Crippen LogP contribution in [0.25, 0.3) is 0 Å². The molecule has 3 N–H and O–H groups in total. The van der Waals surface area contributed by atoms with Gasteiger partial charge < -0.3 is 15.8 Å². The van der Waals surface area contributed by atoms with Crippen molar-refractivity contribution in [3.63, 3.8) is 0 Å². The first-order valence-electron chi connectivity index (χ1n) is 7.95. The van der Waals surface area contributed by atoms with E-state index >= 15 is 0 Å². The summed E-state index contributed by atoms with van der Waals surface area (Å²) in [7, 11) is 0. The highest BCUT2D eigenvalue weighted by molar-refractivity contribution is 14.0. The third-order valence-corrected chi connectivity index (χ3v) is 3.75. The van der Waals surface area contributed by atoms with Crippen molar-refractivity contribution < 1.29 is 4.74 Å². The summed E-state index contributed by atoms with van der Waals surface area (Å²) in [4.78, 5) is 4.43. The molecule has 1 aliphatic heterocycles. The number of unbranched alkanes of at least 4 members (excludes halogenated alkanes) is 1. The zero-order valence-corrected chi connectivity index (χ0v) is 15.9. The van der Waals surface area contributed by atoms with E-state index in [0.717, 1.165) is 37.7 Å². The molecule has 0 amide bonds. The van der Waals surface area contributed by atoms with Crippen molar-refractivity contribution >= 4 is 29.9 Å². The Balaban J connectivity index is 0.00000242. The first-order valence-corrected chi connectivity index (χ1v) is 7.95. The fourth-order valence-corrected chi connectivity index (χ4v) is 2.58. The summed E-state index contributed by atoms with van der Waals surface area (Å²) < 4.78 is 5.65. The minimum absolute atomic E-state index is 0. The van der Waals surface area contributed by atoms with E-state index in [4.69, 9.17) is 10.5 Å². The fourth-order valence-electron chi connectivity index (χ4n) is 2.58. The second kappa shape index (κ2) is 9.92.